The molecule has 2 rings (SSSR count). The van der Waals surface area contributed by atoms with Crippen LogP contribution >= 0.6 is 0 Å². The molecule has 2 aliphatic heterocycles. The second-order valence-corrected chi connectivity index (χ2v) is 4.71. The highest BCUT2D eigenvalue weighted by molar-refractivity contribution is 5.78. The summed E-state index contributed by atoms with van der Waals surface area (Å²) in [7, 11) is 0. The SMILES string of the molecule is NCC1CCCN(CC(=O)N2CCC2)C1. The summed E-state index contributed by atoms with van der Waals surface area (Å²) >= 11 is 0. The van der Waals surface area contributed by atoms with Crippen LogP contribution in [-0.2, 0) is 4.79 Å². The molecule has 86 valence electrons. The van der Waals surface area contributed by atoms with E-state index in [0.29, 0.717) is 18.4 Å². The fourth-order valence-electron chi connectivity index (χ4n) is 2.34. The van der Waals surface area contributed by atoms with Gasteiger partial charge in [0, 0.05) is 19.6 Å². The summed E-state index contributed by atoms with van der Waals surface area (Å²) in [6.07, 6.45) is 3.59. The topological polar surface area (TPSA) is 49.6 Å². The Hall–Kier alpha value is -0.610. The predicted octanol–water partition coefficient (Wildman–Crippen LogP) is -0.111. The van der Waals surface area contributed by atoms with E-state index in [4.69, 9.17) is 5.73 Å². The van der Waals surface area contributed by atoms with Crippen LogP contribution in [0.1, 0.15) is 19.3 Å². The number of amides is 1. The minimum atomic E-state index is 0.305. The minimum absolute atomic E-state index is 0.305. The van der Waals surface area contributed by atoms with E-state index in [9.17, 15) is 4.79 Å². The fraction of sp³-hybridized carbons (Fsp3) is 0.909. The predicted molar refractivity (Wildman–Crippen MR) is 59.4 cm³/mol. The van der Waals surface area contributed by atoms with E-state index in [1.54, 1.807) is 0 Å². The van der Waals surface area contributed by atoms with Crippen LogP contribution in [0.2, 0.25) is 0 Å². The maximum Gasteiger partial charge on any atom is 0.236 e. The second kappa shape index (κ2) is 4.94. The van der Waals surface area contributed by atoms with Gasteiger partial charge in [-0.1, -0.05) is 0 Å². The van der Waals surface area contributed by atoms with Crippen LogP contribution in [0, 0.1) is 5.92 Å². The van der Waals surface area contributed by atoms with Gasteiger partial charge >= 0.3 is 0 Å². The number of hydrogen-bond acceptors (Lipinski definition) is 3. The lowest BCUT2D eigenvalue weighted by Crippen LogP contribution is -2.49. The first-order chi connectivity index (χ1) is 7.29. The molecule has 1 amide bonds. The van der Waals surface area contributed by atoms with Crippen molar-refractivity contribution in [1.82, 2.24) is 9.80 Å². The normalized spacial score (nSPS) is 27.5. The summed E-state index contributed by atoms with van der Waals surface area (Å²) in [6, 6.07) is 0. The Kier molecular flexibility index (Phi) is 3.59. The Bertz CT molecular complexity index is 228. The second-order valence-electron chi connectivity index (χ2n) is 4.71. The zero-order valence-electron chi connectivity index (χ0n) is 9.32. The molecule has 2 fully saturated rings. The summed E-state index contributed by atoms with van der Waals surface area (Å²) in [4.78, 5) is 16.0. The maximum atomic E-state index is 11.7. The molecule has 1 atom stereocenters. The number of carbonyl (C=O) groups excluding carboxylic acids is 1. The number of hydrogen-bond donors (Lipinski definition) is 1. The van der Waals surface area contributed by atoms with E-state index in [1.807, 2.05) is 4.90 Å². The van der Waals surface area contributed by atoms with Crippen molar-refractivity contribution >= 4 is 5.91 Å². The highest BCUT2D eigenvalue weighted by Gasteiger charge is 2.25. The van der Waals surface area contributed by atoms with E-state index in [-0.39, 0.29) is 0 Å². The maximum absolute atomic E-state index is 11.7. The van der Waals surface area contributed by atoms with Crippen molar-refractivity contribution in [2.45, 2.75) is 19.3 Å². The molecule has 0 aromatic rings. The number of nitrogens with two attached hydrogens (primary N) is 1. The third-order valence-electron chi connectivity index (χ3n) is 3.50. The average molecular weight is 211 g/mol. The molecule has 15 heavy (non-hydrogen) atoms. The first-order valence-electron chi connectivity index (χ1n) is 6.00. The molecule has 0 radical (unpaired) electrons. The van der Waals surface area contributed by atoms with E-state index in [2.05, 4.69) is 4.90 Å². The molecular weight excluding hydrogens is 190 g/mol. The molecule has 1 unspecified atom stereocenters. The zero-order chi connectivity index (χ0) is 10.7. The van der Waals surface area contributed by atoms with Gasteiger partial charge in [-0.05, 0) is 38.3 Å². The summed E-state index contributed by atoms with van der Waals surface area (Å²) in [6.45, 7) is 5.37. The van der Waals surface area contributed by atoms with E-state index in [1.165, 1.54) is 19.3 Å². The van der Waals surface area contributed by atoms with Crippen molar-refractivity contribution in [1.29, 1.82) is 0 Å². The van der Waals surface area contributed by atoms with Gasteiger partial charge in [-0.15, -0.1) is 0 Å². The summed E-state index contributed by atoms with van der Waals surface area (Å²) < 4.78 is 0. The molecule has 0 aliphatic carbocycles. The van der Waals surface area contributed by atoms with Crippen molar-refractivity contribution in [2.24, 2.45) is 11.7 Å². The Labute approximate surface area is 91.4 Å². The van der Waals surface area contributed by atoms with Gasteiger partial charge in [0.05, 0.1) is 6.54 Å². The molecule has 2 N–H and O–H groups in total. The van der Waals surface area contributed by atoms with Gasteiger partial charge in [0.1, 0.15) is 0 Å². The van der Waals surface area contributed by atoms with Crippen LogP contribution in [0.25, 0.3) is 0 Å². The van der Waals surface area contributed by atoms with Gasteiger partial charge in [-0.3, -0.25) is 9.69 Å². The fourth-order valence-corrected chi connectivity index (χ4v) is 2.34. The van der Waals surface area contributed by atoms with Crippen LogP contribution in [0.4, 0.5) is 0 Å². The first-order valence-corrected chi connectivity index (χ1v) is 6.00. The molecule has 0 spiro atoms. The molecule has 2 saturated heterocycles. The number of rotatable bonds is 3. The Morgan fingerprint density at radius 3 is 2.67 bits per heavy atom. The van der Waals surface area contributed by atoms with Crippen molar-refractivity contribution in [3.63, 3.8) is 0 Å². The van der Waals surface area contributed by atoms with Crippen LogP contribution in [0.15, 0.2) is 0 Å². The monoisotopic (exact) mass is 211 g/mol. The summed E-state index contributed by atoms with van der Waals surface area (Å²) in [5.41, 5.74) is 5.67. The number of nitrogens with zero attached hydrogens (tertiary/aromatic N) is 2. The number of likely N-dealkylation sites (tertiary alicyclic amines) is 2. The van der Waals surface area contributed by atoms with Gasteiger partial charge in [0.25, 0.3) is 0 Å². The van der Waals surface area contributed by atoms with Crippen molar-refractivity contribution < 1.29 is 4.79 Å². The highest BCUT2D eigenvalue weighted by Crippen LogP contribution is 2.15. The first kappa shape index (κ1) is 10.9. The Morgan fingerprint density at radius 1 is 1.27 bits per heavy atom. The van der Waals surface area contributed by atoms with Gasteiger partial charge in [-0.2, -0.15) is 0 Å². The summed E-state index contributed by atoms with van der Waals surface area (Å²) in [5, 5.41) is 0. The lowest BCUT2D eigenvalue weighted by atomic mass is 9.98. The smallest absolute Gasteiger partial charge is 0.236 e. The van der Waals surface area contributed by atoms with Crippen LogP contribution in [0.3, 0.4) is 0 Å². The Balaban J connectivity index is 1.75. The highest BCUT2D eigenvalue weighted by atomic mass is 16.2. The van der Waals surface area contributed by atoms with Crippen molar-refractivity contribution in [3.05, 3.63) is 0 Å². The quantitative estimate of drug-likeness (QED) is 0.708. The Morgan fingerprint density at radius 2 is 2.07 bits per heavy atom. The molecule has 0 aromatic carbocycles. The van der Waals surface area contributed by atoms with Crippen LogP contribution in [-0.4, -0.2) is 55.0 Å². The third kappa shape index (κ3) is 2.69. The molecule has 2 aliphatic rings. The van der Waals surface area contributed by atoms with Crippen LogP contribution in [0.5, 0.6) is 0 Å². The lowest BCUT2D eigenvalue weighted by molar-refractivity contribution is -0.136. The van der Waals surface area contributed by atoms with E-state index < -0.39 is 0 Å². The van der Waals surface area contributed by atoms with E-state index in [0.717, 1.165) is 32.7 Å². The molecule has 0 saturated carbocycles. The van der Waals surface area contributed by atoms with Gasteiger partial charge in [-0.25, -0.2) is 0 Å². The number of carbonyl (C=O) groups is 1. The largest absolute Gasteiger partial charge is 0.341 e. The molecule has 2 heterocycles. The molecule has 0 aromatic heterocycles. The number of piperidine rings is 1. The van der Waals surface area contributed by atoms with Gasteiger partial charge < -0.3 is 10.6 Å². The van der Waals surface area contributed by atoms with Crippen molar-refractivity contribution in [3.8, 4) is 0 Å². The van der Waals surface area contributed by atoms with E-state index >= 15 is 0 Å². The molecule has 0 bridgehead atoms. The average Bonchev–Trinajstić information content (AvgIpc) is 2.15. The molecule has 4 heteroatoms. The van der Waals surface area contributed by atoms with Crippen molar-refractivity contribution in [2.75, 3.05) is 39.3 Å². The minimum Gasteiger partial charge on any atom is -0.341 e. The van der Waals surface area contributed by atoms with Crippen LogP contribution < -0.4 is 5.73 Å². The van der Waals surface area contributed by atoms with Gasteiger partial charge in [0.2, 0.25) is 5.91 Å². The third-order valence-corrected chi connectivity index (χ3v) is 3.50. The zero-order valence-corrected chi connectivity index (χ0v) is 9.32. The molecule has 4 nitrogen and oxygen atoms in total. The molecular formula is C11H21N3O. The standard InChI is InChI=1S/C11H21N3O/c12-7-10-3-1-4-13(8-10)9-11(15)14-5-2-6-14/h10H,1-9,12H2. The summed E-state index contributed by atoms with van der Waals surface area (Å²) in [5.74, 6) is 0.905. The lowest BCUT2D eigenvalue weighted by Gasteiger charge is -2.36. The van der Waals surface area contributed by atoms with Gasteiger partial charge in [0.15, 0.2) is 0 Å².